The average molecular weight is 384 g/mol. The third-order valence-corrected chi connectivity index (χ3v) is 5.02. The van der Waals surface area contributed by atoms with Gasteiger partial charge in [0, 0.05) is 30.2 Å². The van der Waals surface area contributed by atoms with Crippen LogP contribution in [0.2, 0.25) is 0 Å². The summed E-state index contributed by atoms with van der Waals surface area (Å²) < 4.78 is 20.3. The van der Waals surface area contributed by atoms with Crippen molar-refractivity contribution in [3.63, 3.8) is 0 Å². The van der Waals surface area contributed by atoms with E-state index in [2.05, 4.69) is 20.6 Å². The molecule has 1 aromatic carbocycles. The normalized spacial score (nSPS) is 20.5. The van der Waals surface area contributed by atoms with Crippen LogP contribution < -0.4 is 15.4 Å². The van der Waals surface area contributed by atoms with Gasteiger partial charge in [-0.2, -0.15) is 0 Å². The number of hydrogen-bond acceptors (Lipinski definition) is 5. The number of rotatable bonds is 4. The second-order valence-electron chi connectivity index (χ2n) is 7.24. The fourth-order valence-electron chi connectivity index (χ4n) is 3.60. The van der Waals surface area contributed by atoms with E-state index in [4.69, 9.17) is 4.74 Å². The number of hydrogen-bond donors (Lipinski definition) is 2. The molecule has 2 amide bonds. The predicted molar refractivity (Wildman–Crippen MR) is 99.2 cm³/mol. The van der Waals surface area contributed by atoms with Crippen molar-refractivity contribution in [1.29, 1.82) is 0 Å². The maximum Gasteiger partial charge on any atom is 0.242 e. The summed E-state index contributed by atoms with van der Waals surface area (Å²) in [5.74, 6) is -0.589. The molecule has 1 aromatic heterocycles. The predicted octanol–water partition coefficient (Wildman–Crippen LogP) is 1.60. The number of aromatic nitrogens is 2. The first-order valence-electron chi connectivity index (χ1n) is 9.27. The zero-order valence-electron chi connectivity index (χ0n) is 15.7. The summed E-state index contributed by atoms with van der Waals surface area (Å²) in [5, 5.41) is 5.41. The molecule has 2 aliphatic rings. The van der Waals surface area contributed by atoms with E-state index in [1.54, 1.807) is 6.20 Å². The van der Waals surface area contributed by atoms with Gasteiger partial charge in [-0.15, -0.1) is 0 Å². The van der Waals surface area contributed by atoms with E-state index in [0.717, 1.165) is 17.0 Å². The van der Waals surface area contributed by atoms with Crippen LogP contribution in [0, 0.1) is 19.7 Å². The van der Waals surface area contributed by atoms with Gasteiger partial charge in [0.25, 0.3) is 0 Å². The van der Waals surface area contributed by atoms with Crippen LogP contribution >= 0.6 is 0 Å². The van der Waals surface area contributed by atoms with Crippen LogP contribution in [0.15, 0.2) is 18.3 Å². The van der Waals surface area contributed by atoms with Gasteiger partial charge in [-0.1, -0.05) is 0 Å². The average Bonchev–Trinajstić information content (AvgIpc) is 3.28. The Morgan fingerprint density at radius 1 is 1.39 bits per heavy atom. The van der Waals surface area contributed by atoms with Gasteiger partial charge < -0.3 is 15.4 Å². The summed E-state index contributed by atoms with van der Waals surface area (Å²) in [6.07, 6.45) is 2.65. The third-order valence-electron chi connectivity index (χ3n) is 5.02. The molecule has 0 spiro atoms. The first kappa shape index (κ1) is 18.3. The van der Waals surface area contributed by atoms with Crippen molar-refractivity contribution in [3.8, 4) is 17.0 Å². The molecule has 2 aromatic rings. The number of nitrogens with one attached hydrogen (secondary N) is 2. The molecule has 0 saturated carbocycles. The largest absolute Gasteiger partial charge is 0.485 e. The fraction of sp³-hybridized carbons (Fsp3) is 0.400. The first-order valence-corrected chi connectivity index (χ1v) is 9.27. The van der Waals surface area contributed by atoms with Crippen LogP contribution in [-0.2, 0) is 16.0 Å². The monoisotopic (exact) mass is 384 g/mol. The topological polar surface area (TPSA) is 93.2 Å². The fourth-order valence-corrected chi connectivity index (χ4v) is 3.60. The molecular formula is C20H21FN4O3. The van der Waals surface area contributed by atoms with Gasteiger partial charge in [-0.3, -0.25) is 14.6 Å². The number of amides is 2. The third kappa shape index (κ3) is 3.54. The number of nitrogens with zero attached hydrogens (tertiary/aromatic N) is 2. The van der Waals surface area contributed by atoms with Crippen LogP contribution in [0.4, 0.5) is 4.39 Å². The molecule has 1 unspecified atom stereocenters. The molecule has 0 bridgehead atoms. The second kappa shape index (κ2) is 7.18. The molecule has 1 saturated heterocycles. The summed E-state index contributed by atoms with van der Waals surface area (Å²) >= 11 is 0. The molecule has 8 heteroatoms. The minimum Gasteiger partial charge on any atom is -0.485 e. The Morgan fingerprint density at radius 2 is 2.21 bits per heavy atom. The van der Waals surface area contributed by atoms with E-state index < -0.39 is 11.9 Å². The Hall–Kier alpha value is -3.03. The number of fused-ring (bicyclic) bond motifs is 1. The molecule has 28 heavy (non-hydrogen) atoms. The lowest BCUT2D eigenvalue weighted by Crippen LogP contribution is -2.44. The number of halogens is 1. The lowest BCUT2D eigenvalue weighted by molar-refractivity contribution is -0.126. The highest BCUT2D eigenvalue weighted by Gasteiger charge is 2.30. The summed E-state index contributed by atoms with van der Waals surface area (Å²) in [4.78, 5) is 32.1. The Labute approximate surface area is 161 Å². The molecule has 3 heterocycles. The van der Waals surface area contributed by atoms with Gasteiger partial charge in [0.2, 0.25) is 11.8 Å². The van der Waals surface area contributed by atoms with Crippen LogP contribution in [0.1, 0.15) is 29.8 Å². The lowest BCUT2D eigenvalue weighted by atomic mass is 10.0. The standard InChI is InChI=1S/C20H21FN4O3/c1-10-8-22-11(2)18(24-10)12-5-13-6-14(28-19(13)15(21)7-12)9-23-20(27)16-3-4-17(26)25-16/h5,7-8,14,16H,3-4,6,9H2,1-2H3,(H,23,27)(H,25,26)/t14?,16-/m0/s1. The van der Waals surface area contributed by atoms with Crippen molar-refractivity contribution >= 4 is 11.8 Å². The Balaban J connectivity index is 1.46. The molecule has 0 radical (unpaired) electrons. The molecular weight excluding hydrogens is 363 g/mol. The van der Waals surface area contributed by atoms with E-state index in [1.165, 1.54) is 6.07 Å². The van der Waals surface area contributed by atoms with E-state index in [-0.39, 0.29) is 30.2 Å². The number of carbonyl (C=O) groups excluding carboxylic acids is 2. The van der Waals surface area contributed by atoms with Crippen LogP contribution in [0.3, 0.4) is 0 Å². The van der Waals surface area contributed by atoms with Crippen molar-refractivity contribution in [2.24, 2.45) is 0 Å². The minimum absolute atomic E-state index is 0.117. The molecule has 7 nitrogen and oxygen atoms in total. The van der Waals surface area contributed by atoms with Crippen molar-refractivity contribution in [2.75, 3.05) is 6.54 Å². The highest BCUT2D eigenvalue weighted by atomic mass is 19.1. The van der Waals surface area contributed by atoms with Gasteiger partial charge in [0.1, 0.15) is 12.1 Å². The number of carbonyl (C=O) groups is 2. The van der Waals surface area contributed by atoms with Crippen molar-refractivity contribution in [1.82, 2.24) is 20.6 Å². The molecule has 2 N–H and O–H groups in total. The summed E-state index contributed by atoms with van der Waals surface area (Å²) in [5.41, 5.74) is 3.54. The first-order chi connectivity index (χ1) is 13.4. The van der Waals surface area contributed by atoms with E-state index in [9.17, 15) is 14.0 Å². The van der Waals surface area contributed by atoms with E-state index >= 15 is 0 Å². The lowest BCUT2D eigenvalue weighted by Gasteiger charge is -2.14. The number of benzene rings is 1. The summed E-state index contributed by atoms with van der Waals surface area (Å²) in [6, 6.07) is 2.78. The Kier molecular flexibility index (Phi) is 4.70. The maximum atomic E-state index is 14.6. The second-order valence-corrected chi connectivity index (χ2v) is 7.24. The number of aryl methyl sites for hydroxylation is 2. The minimum atomic E-state index is -0.498. The maximum absolute atomic E-state index is 14.6. The van der Waals surface area contributed by atoms with Crippen LogP contribution in [0.25, 0.3) is 11.3 Å². The Bertz CT molecular complexity index is 963. The molecule has 2 atom stereocenters. The Morgan fingerprint density at radius 3 is 2.96 bits per heavy atom. The quantitative estimate of drug-likeness (QED) is 0.835. The molecule has 4 rings (SSSR count). The van der Waals surface area contributed by atoms with Gasteiger partial charge >= 0.3 is 0 Å². The van der Waals surface area contributed by atoms with E-state index in [1.807, 2.05) is 19.9 Å². The molecule has 0 aliphatic carbocycles. The van der Waals surface area contributed by atoms with E-state index in [0.29, 0.717) is 30.5 Å². The molecule has 2 aliphatic heterocycles. The van der Waals surface area contributed by atoms with Gasteiger partial charge in [-0.25, -0.2) is 9.37 Å². The highest BCUT2D eigenvalue weighted by Crippen LogP contribution is 2.35. The van der Waals surface area contributed by atoms with Gasteiger partial charge in [0.05, 0.1) is 23.6 Å². The van der Waals surface area contributed by atoms with Crippen LogP contribution in [-0.4, -0.2) is 40.5 Å². The zero-order chi connectivity index (χ0) is 19.8. The van der Waals surface area contributed by atoms with Gasteiger partial charge in [-0.05, 0) is 32.4 Å². The summed E-state index contributed by atoms with van der Waals surface area (Å²) in [7, 11) is 0. The van der Waals surface area contributed by atoms with Crippen molar-refractivity contribution in [3.05, 3.63) is 41.1 Å². The van der Waals surface area contributed by atoms with Gasteiger partial charge in [0.15, 0.2) is 11.6 Å². The smallest absolute Gasteiger partial charge is 0.242 e. The summed E-state index contributed by atoms with van der Waals surface area (Å²) in [6.45, 7) is 3.93. The number of ether oxygens (including phenoxy) is 1. The zero-order valence-corrected chi connectivity index (χ0v) is 15.7. The van der Waals surface area contributed by atoms with Crippen molar-refractivity contribution in [2.45, 2.75) is 45.3 Å². The van der Waals surface area contributed by atoms with Crippen LogP contribution in [0.5, 0.6) is 5.75 Å². The SMILES string of the molecule is Cc1cnc(C)c(-c2cc(F)c3c(c2)CC(CNC(=O)[C@@H]2CCC(=O)N2)O3)n1. The molecule has 146 valence electrons. The van der Waals surface area contributed by atoms with Crippen molar-refractivity contribution < 1.29 is 18.7 Å². The molecule has 1 fully saturated rings. The highest BCUT2D eigenvalue weighted by molar-refractivity contribution is 5.90.